The van der Waals surface area contributed by atoms with Gasteiger partial charge >= 0.3 is 0 Å². The molecule has 3 nitrogen and oxygen atoms in total. The zero-order chi connectivity index (χ0) is 12.1. The summed E-state index contributed by atoms with van der Waals surface area (Å²) < 4.78 is 0. The first kappa shape index (κ1) is 14.3. The van der Waals surface area contributed by atoms with E-state index in [1.54, 1.807) is 0 Å². The van der Waals surface area contributed by atoms with E-state index in [9.17, 15) is 0 Å². The SMILES string of the molecule is CC(C)CCC(C)N=C(N)NC(C)(C)C. The minimum Gasteiger partial charge on any atom is -0.370 e. The van der Waals surface area contributed by atoms with E-state index in [0.717, 1.165) is 12.3 Å². The number of rotatable bonds is 4. The molecule has 0 fully saturated rings. The third-order valence-electron chi connectivity index (χ3n) is 2.02. The van der Waals surface area contributed by atoms with Crippen molar-refractivity contribution < 1.29 is 0 Å². The van der Waals surface area contributed by atoms with E-state index in [-0.39, 0.29) is 5.54 Å². The summed E-state index contributed by atoms with van der Waals surface area (Å²) in [6.45, 7) is 12.8. The lowest BCUT2D eigenvalue weighted by Gasteiger charge is -2.22. The van der Waals surface area contributed by atoms with Crippen LogP contribution in [0.4, 0.5) is 0 Å². The summed E-state index contributed by atoms with van der Waals surface area (Å²) in [6.07, 6.45) is 2.30. The molecule has 3 N–H and O–H groups in total. The van der Waals surface area contributed by atoms with Crippen LogP contribution in [0.25, 0.3) is 0 Å². The molecule has 0 aliphatic heterocycles. The molecule has 0 aliphatic rings. The van der Waals surface area contributed by atoms with Crippen molar-refractivity contribution in [2.45, 2.75) is 66.0 Å². The highest BCUT2D eigenvalue weighted by Crippen LogP contribution is 2.08. The monoisotopic (exact) mass is 213 g/mol. The normalized spacial score (nSPS) is 15.5. The Hall–Kier alpha value is -0.730. The maximum atomic E-state index is 5.81. The number of hydrogen-bond acceptors (Lipinski definition) is 1. The van der Waals surface area contributed by atoms with Gasteiger partial charge in [-0.2, -0.15) is 0 Å². The standard InChI is InChI=1S/C12H27N3/c1-9(2)7-8-10(3)14-11(13)15-12(4,5)6/h9-10H,7-8H2,1-6H3,(H3,13,14,15). The van der Waals surface area contributed by atoms with Crippen molar-refractivity contribution in [1.82, 2.24) is 5.32 Å². The van der Waals surface area contributed by atoms with Crippen molar-refractivity contribution in [2.75, 3.05) is 0 Å². The number of aliphatic imine (C=N–C) groups is 1. The first-order chi connectivity index (χ1) is 6.70. The fourth-order valence-electron chi connectivity index (χ4n) is 1.29. The Morgan fingerprint density at radius 3 is 2.13 bits per heavy atom. The molecular formula is C12H27N3. The molecule has 0 bridgehead atoms. The van der Waals surface area contributed by atoms with Crippen molar-refractivity contribution in [2.24, 2.45) is 16.6 Å². The maximum absolute atomic E-state index is 5.81. The van der Waals surface area contributed by atoms with Crippen LogP contribution < -0.4 is 11.1 Å². The zero-order valence-electron chi connectivity index (χ0n) is 11.1. The van der Waals surface area contributed by atoms with Gasteiger partial charge in [0, 0.05) is 5.54 Å². The highest BCUT2D eigenvalue weighted by atomic mass is 15.1. The smallest absolute Gasteiger partial charge is 0.189 e. The third-order valence-corrected chi connectivity index (χ3v) is 2.02. The van der Waals surface area contributed by atoms with Crippen LogP contribution >= 0.6 is 0 Å². The van der Waals surface area contributed by atoms with Crippen LogP contribution in [0, 0.1) is 5.92 Å². The molecule has 0 aromatic heterocycles. The highest BCUT2D eigenvalue weighted by molar-refractivity contribution is 5.78. The van der Waals surface area contributed by atoms with Gasteiger partial charge in [0.1, 0.15) is 0 Å². The lowest BCUT2D eigenvalue weighted by molar-refractivity contribution is 0.494. The summed E-state index contributed by atoms with van der Waals surface area (Å²) in [5.74, 6) is 1.29. The summed E-state index contributed by atoms with van der Waals surface area (Å²) in [7, 11) is 0. The van der Waals surface area contributed by atoms with Crippen LogP contribution in [0.5, 0.6) is 0 Å². The number of hydrogen-bond donors (Lipinski definition) is 2. The summed E-state index contributed by atoms with van der Waals surface area (Å²) >= 11 is 0. The van der Waals surface area contributed by atoms with Crippen LogP contribution in [0.15, 0.2) is 4.99 Å². The van der Waals surface area contributed by atoms with Gasteiger partial charge in [-0.15, -0.1) is 0 Å². The molecule has 3 heteroatoms. The fraction of sp³-hybridized carbons (Fsp3) is 0.917. The molecule has 0 aromatic rings. The summed E-state index contributed by atoms with van der Waals surface area (Å²) in [6, 6.07) is 0.308. The number of guanidine groups is 1. The Morgan fingerprint density at radius 2 is 1.73 bits per heavy atom. The number of nitrogens with one attached hydrogen (secondary N) is 1. The second kappa shape index (κ2) is 5.99. The Balaban J connectivity index is 4.00. The molecule has 1 unspecified atom stereocenters. The van der Waals surface area contributed by atoms with E-state index in [1.807, 2.05) is 0 Å². The van der Waals surface area contributed by atoms with Gasteiger partial charge in [0.2, 0.25) is 0 Å². The molecule has 0 aliphatic carbocycles. The Kier molecular flexibility index (Phi) is 5.69. The third kappa shape index (κ3) is 9.57. The van der Waals surface area contributed by atoms with E-state index in [0.29, 0.717) is 12.0 Å². The molecule has 0 radical (unpaired) electrons. The summed E-state index contributed by atoms with van der Waals surface area (Å²) in [5.41, 5.74) is 5.80. The minimum atomic E-state index is -0.00858. The van der Waals surface area contributed by atoms with Crippen LogP contribution in [0.2, 0.25) is 0 Å². The van der Waals surface area contributed by atoms with E-state index >= 15 is 0 Å². The van der Waals surface area contributed by atoms with Gasteiger partial charge in [0.05, 0.1) is 6.04 Å². The lowest BCUT2D eigenvalue weighted by atomic mass is 10.0. The molecule has 0 saturated carbocycles. The second-order valence-electron chi connectivity index (χ2n) is 5.71. The first-order valence-electron chi connectivity index (χ1n) is 5.82. The van der Waals surface area contributed by atoms with Crippen molar-refractivity contribution in [1.29, 1.82) is 0 Å². The molecule has 0 rings (SSSR count). The van der Waals surface area contributed by atoms with Crippen LogP contribution in [0.3, 0.4) is 0 Å². The van der Waals surface area contributed by atoms with Crippen LogP contribution in [0.1, 0.15) is 54.4 Å². The van der Waals surface area contributed by atoms with E-state index in [4.69, 9.17) is 5.73 Å². The van der Waals surface area contributed by atoms with Gasteiger partial charge in [0.25, 0.3) is 0 Å². The van der Waals surface area contributed by atoms with Gasteiger partial charge in [0.15, 0.2) is 5.96 Å². The van der Waals surface area contributed by atoms with Gasteiger partial charge in [-0.25, -0.2) is 0 Å². The predicted molar refractivity (Wildman–Crippen MR) is 68.0 cm³/mol. The Morgan fingerprint density at radius 1 is 1.20 bits per heavy atom. The Labute approximate surface area is 94.5 Å². The molecular weight excluding hydrogens is 186 g/mol. The second-order valence-corrected chi connectivity index (χ2v) is 5.71. The van der Waals surface area contributed by atoms with Gasteiger partial charge in [-0.3, -0.25) is 4.99 Å². The molecule has 0 aromatic carbocycles. The van der Waals surface area contributed by atoms with E-state index < -0.39 is 0 Å². The fourth-order valence-corrected chi connectivity index (χ4v) is 1.29. The molecule has 0 saturated heterocycles. The predicted octanol–water partition coefficient (Wildman–Crippen LogP) is 2.51. The van der Waals surface area contributed by atoms with Crippen molar-refractivity contribution in [3.63, 3.8) is 0 Å². The molecule has 1 atom stereocenters. The molecule has 0 spiro atoms. The zero-order valence-corrected chi connectivity index (χ0v) is 11.1. The van der Waals surface area contributed by atoms with Crippen LogP contribution in [-0.4, -0.2) is 17.5 Å². The number of nitrogens with zero attached hydrogens (tertiary/aromatic N) is 1. The Bertz CT molecular complexity index is 201. The number of nitrogens with two attached hydrogens (primary N) is 1. The molecule has 0 amide bonds. The first-order valence-corrected chi connectivity index (χ1v) is 5.82. The summed E-state index contributed by atoms with van der Waals surface area (Å²) in [4.78, 5) is 4.42. The van der Waals surface area contributed by atoms with Gasteiger partial charge in [-0.05, 0) is 46.5 Å². The summed E-state index contributed by atoms with van der Waals surface area (Å²) in [5, 5.41) is 3.17. The van der Waals surface area contributed by atoms with Crippen LogP contribution in [-0.2, 0) is 0 Å². The molecule has 0 heterocycles. The average Bonchev–Trinajstić information content (AvgIpc) is 1.96. The van der Waals surface area contributed by atoms with Gasteiger partial charge in [-0.1, -0.05) is 13.8 Å². The minimum absolute atomic E-state index is 0.00858. The topological polar surface area (TPSA) is 50.4 Å². The van der Waals surface area contributed by atoms with E-state index in [1.165, 1.54) is 6.42 Å². The largest absolute Gasteiger partial charge is 0.370 e. The van der Waals surface area contributed by atoms with E-state index in [2.05, 4.69) is 51.9 Å². The average molecular weight is 213 g/mol. The van der Waals surface area contributed by atoms with Crippen molar-refractivity contribution in [3.8, 4) is 0 Å². The van der Waals surface area contributed by atoms with Gasteiger partial charge < -0.3 is 11.1 Å². The lowest BCUT2D eigenvalue weighted by Crippen LogP contribution is -2.45. The van der Waals surface area contributed by atoms with Crippen molar-refractivity contribution >= 4 is 5.96 Å². The molecule has 15 heavy (non-hydrogen) atoms. The maximum Gasteiger partial charge on any atom is 0.189 e. The molecule has 90 valence electrons. The quantitative estimate of drug-likeness (QED) is 0.557. The highest BCUT2D eigenvalue weighted by Gasteiger charge is 2.10. The van der Waals surface area contributed by atoms with Crippen molar-refractivity contribution in [3.05, 3.63) is 0 Å².